The minimum absolute atomic E-state index is 0.0993. The van der Waals surface area contributed by atoms with Gasteiger partial charge in [0, 0.05) is 29.2 Å². The van der Waals surface area contributed by atoms with Gasteiger partial charge < -0.3 is 5.32 Å². The van der Waals surface area contributed by atoms with E-state index in [1.54, 1.807) is 41.2 Å². The number of hydrogen-bond acceptors (Lipinski definition) is 5. The number of aryl methyl sites for hydroxylation is 2. The van der Waals surface area contributed by atoms with Crippen LogP contribution in [0.4, 0.5) is 5.69 Å². The molecule has 3 heterocycles. The molecule has 0 aliphatic rings. The Morgan fingerprint density at radius 1 is 1.00 bits per heavy atom. The number of nitrogens with zero attached hydrogens (tertiary/aromatic N) is 5. The van der Waals surface area contributed by atoms with Gasteiger partial charge in [-0.15, -0.1) is 5.10 Å². The zero-order chi connectivity index (χ0) is 24.0. The van der Waals surface area contributed by atoms with Crippen molar-refractivity contribution in [3.8, 4) is 11.3 Å². The van der Waals surface area contributed by atoms with E-state index in [-0.39, 0.29) is 12.3 Å². The molecule has 0 aliphatic carbocycles. The molecule has 0 unspecified atom stereocenters. The SMILES string of the molecule is CC(=O)c1cccc(NC(=O)Cn2nc3c4cc(-c5cc(C)ccc5C)nn4ccn3c2=O)c1. The summed E-state index contributed by atoms with van der Waals surface area (Å²) in [6.07, 6.45) is 3.28. The number of hydrogen-bond donors (Lipinski definition) is 1. The van der Waals surface area contributed by atoms with Crippen LogP contribution in [-0.4, -0.2) is 35.5 Å². The average Bonchev–Trinajstić information content (AvgIpc) is 3.37. The molecule has 3 aromatic heterocycles. The topological polar surface area (TPSA) is 103 Å². The summed E-state index contributed by atoms with van der Waals surface area (Å²) in [5, 5.41) is 11.8. The minimum atomic E-state index is -0.431. The van der Waals surface area contributed by atoms with Crippen molar-refractivity contribution < 1.29 is 9.59 Å². The fourth-order valence-electron chi connectivity index (χ4n) is 3.93. The normalized spacial score (nSPS) is 11.3. The van der Waals surface area contributed by atoms with Crippen LogP contribution in [0.3, 0.4) is 0 Å². The molecule has 170 valence electrons. The Kier molecular flexibility index (Phi) is 5.09. The second-order valence-electron chi connectivity index (χ2n) is 8.29. The number of carbonyl (C=O) groups excluding carboxylic acids is 2. The predicted molar refractivity (Wildman–Crippen MR) is 128 cm³/mol. The van der Waals surface area contributed by atoms with Gasteiger partial charge >= 0.3 is 5.69 Å². The summed E-state index contributed by atoms with van der Waals surface area (Å²) in [6, 6.07) is 14.7. The number of Topliss-reactive ketones (excluding diaryl/α,β-unsaturated/α-hetero) is 1. The number of aromatic nitrogens is 5. The standard InChI is InChI=1S/C25H22N6O3/c1-15-7-8-16(2)20(11-15)21-13-22-24-28-31(25(34)29(24)9-10-30(22)27-21)14-23(33)26-19-6-4-5-18(12-19)17(3)32/h4-13H,14H2,1-3H3,(H,26,33). The van der Waals surface area contributed by atoms with E-state index < -0.39 is 11.6 Å². The molecule has 5 rings (SSSR count). The summed E-state index contributed by atoms with van der Waals surface area (Å²) in [5.74, 6) is -0.524. The van der Waals surface area contributed by atoms with Gasteiger partial charge in [0.05, 0.1) is 5.69 Å². The Bertz CT molecular complexity index is 1660. The van der Waals surface area contributed by atoms with Gasteiger partial charge in [-0.25, -0.2) is 18.4 Å². The highest BCUT2D eigenvalue weighted by molar-refractivity contribution is 5.97. The Labute approximate surface area is 194 Å². The molecule has 2 aromatic carbocycles. The van der Waals surface area contributed by atoms with Crippen LogP contribution >= 0.6 is 0 Å². The van der Waals surface area contributed by atoms with Crippen LogP contribution in [0.15, 0.2) is 65.7 Å². The minimum Gasteiger partial charge on any atom is -0.324 e. The van der Waals surface area contributed by atoms with Gasteiger partial charge in [0.1, 0.15) is 12.1 Å². The second kappa shape index (κ2) is 8.11. The first kappa shape index (κ1) is 21.3. The Morgan fingerprint density at radius 2 is 1.82 bits per heavy atom. The molecule has 1 amide bonds. The van der Waals surface area contributed by atoms with E-state index in [4.69, 9.17) is 0 Å². The third kappa shape index (κ3) is 3.77. The zero-order valence-electron chi connectivity index (χ0n) is 18.9. The molecule has 0 atom stereocenters. The maximum atomic E-state index is 12.9. The summed E-state index contributed by atoms with van der Waals surface area (Å²) in [6.45, 7) is 5.24. The van der Waals surface area contributed by atoms with E-state index in [9.17, 15) is 14.4 Å². The predicted octanol–water partition coefficient (Wildman–Crippen LogP) is 3.27. The lowest BCUT2D eigenvalue weighted by Crippen LogP contribution is -2.28. The van der Waals surface area contributed by atoms with Crippen molar-refractivity contribution in [1.29, 1.82) is 0 Å². The molecular formula is C25H22N6O3. The van der Waals surface area contributed by atoms with Gasteiger partial charge in [0.2, 0.25) is 5.91 Å². The van der Waals surface area contributed by atoms with Crippen molar-refractivity contribution in [3.05, 3.63) is 88.1 Å². The zero-order valence-corrected chi connectivity index (χ0v) is 18.9. The molecular weight excluding hydrogens is 432 g/mol. The van der Waals surface area contributed by atoms with Gasteiger partial charge in [0.15, 0.2) is 11.4 Å². The molecule has 0 bridgehead atoms. The van der Waals surface area contributed by atoms with Gasteiger partial charge in [-0.2, -0.15) is 5.10 Å². The fraction of sp³-hybridized carbons (Fsp3) is 0.160. The number of nitrogens with one attached hydrogen (secondary N) is 1. The summed E-state index contributed by atoms with van der Waals surface area (Å²) in [5.41, 5.74) is 5.61. The number of benzene rings is 2. The van der Waals surface area contributed by atoms with E-state index in [1.807, 2.05) is 26.0 Å². The van der Waals surface area contributed by atoms with E-state index in [2.05, 4.69) is 27.6 Å². The van der Waals surface area contributed by atoms with Crippen molar-refractivity contribution in [2.24, 2.45) is 0 Å². The van der Waals surface area contributed by atoms with Gasteiger partial charge in [0.25, 0.3) is 0 Å². The van der Waals surface area contributed by atoms with Crippen molar-refractivity contribution in [3.63, 3.8) is 0 Å². The summed E-state index contributed by atoms with van der Waals surface area (Å²) < 4.78 is 4.19. The van der Waals surface area contributed by atoms with Crippen LogP contribution in [0, 0.1) is 13.8 Å². The summed E-state index contributed by atoms with van der Waals surface area (Å²) >= 11 is 0. The smallest absolute Gasteiger partial charge is 0.324 e. The van der Waals surface area contributed by atoms with Crippen molar-refractivity contribution >= 4 is 28.5 Å². The highest BCUT2D eigenvalue weighted by atomic mass is 16.2. The Hall–Kier alpha value is -4.53. The third-order valence-corrected chi connectivity index (χ3v) is 5.71. The molecule has 5 aromatic rings. The van der Waals surface area contributed by atoms with Crippen LogP contribution in [0.1, 0.15) is 28.4 Å². The van der Waals surface area contributed by atoms with Crippen LogP contribution in [-0.2, 0) is 11.3 Å². The monoisotopic (exact) mass is 454 g/mol. The quantitative estimate of drug-likeness (QED) is 0.411. The molecule has 0 fully saturated rings. The first-order valence-corrected chi connectivity index (χ1v) is 10.8. The molecule has 1 N–H and O–H groups in total. The van der Waals surface area contributed by atoms with Gasteiger partial charge in [-0.3, -0.25) is 9.59 Å². The first-order valence-electron chi connectivity index (χ1n) is 10.8. The number of fused-ring (bicyclic) bond motifs is 3. The van der Waals surface area contributed by atoms with Crippen molar-refractivity contribution in [2.75, 3.05) is 5.32 Å². The second-order valence-corrected chi connectivity index (χ2v) is 8.29. The lowest BCUT2D eigenvalue weighted by Gasteiger charge is -2.05. The summed E-state index contributed by atoms with van der Waals surface area (Å²) in [7, 11) is 0. The third-order valence-electron chi connectivity index (χ3n) is 5.71. The maximum absolute atomic E-state index is 12.9. The molecule has 9 heteroatoms. The largest absolute Gasteiger partial charge is 0.350 e. The van der Waals surface area contributed by atoms with Crippen molar-refractivity contribution in [1.82, 2.24) is 23.8 Å². The maximum Gasteiger partial charge on any atom is 0.350 e. The van der Waals surface area contributed by atoms with Gasteiger partial charge in [-0.1, -0.05) is 29.8 Å². The summed E-state index contributed by atoms with van der Waals surface area (Å²) in [4.78, 5) is 37.1. The van der Waals surface area contributed by atoms with Crippen LogP contribution in [0.2, 0.25) is 0 Å². The number of amides is 1. The fourth-order valence-corrected chi connectivity index (χ4v) is 3.93. The number of anilines is 1. The van der Waals surface area contributed by atoms with Crippen LogP contribution in [0.5, 0.6) is 0 Å². The molecule has 0 aliphatic heterocycles. The van der Waals surface area contributed by atoms with E-state index in [0.29, 0.717) is 22.4 Å². The Morgan fingerprint density at radius 3 is 2.62 bits per heavy atom. The lowest BCUT2D eigenvalue weighted by atomic mass is 10.0. The highest BCUT2D eigenvalue weighted by Crippen LogP contribution is 2.25. The molecule has 0 radical (unpaired) electrons. The average molecular weight is 454 g/mol. The first-order chi connectivity index (χ1) is 16.3. The number of carbonyl (C=O) groups is 2. The molecule has 0 saturated carbocycles. The lowest BCUT2D eigenvalue weighted by molar-refractivity contribution is -0.117. The van der Waals surface area contributed by atoms with Gasteiger partial charge in [-0.05, 0) is 50.6 Å². The van der Waals surface area contributed by atoms with E-state index >= 15 is 0 Å². The molecule has 0 spiro atoms. The molecule has 34 heavy (non-hydrogen) atoms. The molecule has 0 saturated heterocycles. The highest BCUT2D eigenvalue weighted by Gasteiger charge is 2.16. The Balaban J connectivity index is 1.48. The van der Waals surface area contributed by atoms with Crippen LogP contribution < -0.4 is 11.0 Å². The van der Waals surface area contributed by atoms with E-state index in [1.165, 1.54) is 11.3 Å². The number of rotatable bonds is 5. The van der Waals surface area contributed by atoms with Crippen LogP contribution in [0.25, 0.3) is 22.4 Å². The van der Waals surface area contributed by atoms with E-state index in [0.717, 1.165) is 27.1 Å². The number of ketones is 1. The molecule has 9 nitrogen and oxygen atoms in total. The van der Waals surface area contributed by atoms with Crippen molar-refractivity contribution in [2.45, 2.75) is 27.3 Å².